The monoisotopic (exact) mass is 575 g/mol. The first-order valence-corrected chi connectivity index (χ1v) is 13.4. The SMILES string of the molecule is C[C@H]1CN(c2ncc(CC(=O)O)cc2C(F)(F)F)CCN1c1cc(-c2cncc(Cl)c2)nc(N2CCC[C@@H]2C)n1. The Morgan fingerprint density at radius 1 is 1.05 bits per heavy atom. The normalized spacial score (nSPS) is 19.8. The van der Waals surface area contributed by atoms with Crippen LogP contribution in [0.25, 0.3) is 11.3 Å². The van der Waals surface area contributed by atoms with Crippen molar-refractivity contribution < 1.29 is 23.1 Å². The first kappa shape index (κ1) is 27.9. The van der Waals surface area contributed by atoms with Crippen LogP contribution in [0.5, 0.6) is 0 Å². The van der Waals surface area contributed by atoms with Crippen LogP contribution in [-0.2, 0) is 17.4 Å². The van der Waals surface area contributed by atoms with E-state index in [-0.39, 0.29) is 36.6 Å². The largest absolute Gasteiger partial charge is 0.481 e. The van der Waals surface area contributed by atoms with Gasteiger partial charge in [0.15, 0.2) is 0 Å². The fourth-order valence-electron chi connectivity index (χ4n) is 5.35. The molecule has 0 bridgehead atoms. The average molecular weight is 576 g/mol. The van der Waals surface area contributed by atoms with Crippen LogP contribution in [-0.4, -0.2) is 69.3 Å². The van der Waals surface area contributed by atoms with E-state index in [1.54, 1.807) is 23.4 Å². The molecule has 0 amide bonds. The molecular weight excluding hydrogens is 547 g/mol. The molecule has 2 aliphatic rings. The number of nitrogens with zero attached hydrogens (tertiary/aromatic N) is 7. The van der Waals surface area contributed by atoms with Crippen molar-refractivity contribution >= 4 is 35.2 Å². The van der Waals surface area contributed by atoms with Gasteiger partial charge in [0.1, 0.15) is 11.6 Å². The molecule has 13 heteroatoms. The lowest BCUT2D eigenvalue weighted by Gasteiger charge is -2.42. The molecule has 0 radical (unpaired) electrons. The molecule has 2 atom stereocenters. The third-order valence-electron chi connectivity index (χ3n) is 7.32. The summed E-state index contributed by atoms with van der Waals surface area (Å²) in [7, 11) is 0. The minimum Gasteiger partial charge on any atom is -0.481 e. The van der Waals surface area contributed by atoms with Crippen LogP contribution in [0.4, 0.5) is 30.8 Å². The zero-order chi connectivity index (χ0) is 28.6. The quantitative estimate of drug-likeness (QED) is 0.438. The average Bonchev–Trinajstić information content (AvgIpc) is 3.33. The van der Waals surface area contributed by atoms with Crippen molar-refractivity contribution in [2.75, 3.05) is 40.9 Å². The molecule has 9 nitrogen and oxygen atoms in total. The summed E-state index contributed by atoms with van der Waals surface area (Å²) in [5.74, 6) is -0.146. The number of rotatable bonds is 6. The number of piperazine rings is 1. The van der Waals surface area contributed by atoms with Gasteiger partial charge in [-0.05, 0) is 44.4 Å². The van der Waals surface area contributed by atoms with Gasteiger partial charge in [0.05, 0.1) is 22.7 Å². The van der Waals surface area contributed by atoms with E-state index in [4.69, 9.17) is 26.7 Å². The van der Waals surface area contributed by atoms with Crippen molar-refractivity contribution in [3.63, 3.8) is 0 Å². The Kier molecular flexibility index (Phi) is 7.72. The fourth-order valence-corrected chi connectivity index (χ4v) is 5.52. The van der Waals surface area contributed by atoms with E-state index in [9.17, 15) is 18.0 Å². The standard InChI is InChI=1S/C27H29ClF3N7O2/c1-16-4-3-5-38(16)26-34-22(19-10-20(28)14-32-13-19)11-23(35-26)37-7-6-36(15-17(37)2)25-21(27(29,30)31)8-18(12-33-25)9-24(39)40/h8,10-14,16-17H,3-7,9,15H2,1-2H3,(H,39,40)/t16-,17-/m0/s1. The minimum absolute atomic E-state index is 0.00273. The number of carbonyl (C=O) groups is 1. The molecule has 0 spiro atoms. The maximum Gasteiger partial charge on any atom is 0.419 e. The van der Waals surface area contributed by atoms with E-state index in [0.29, 0.717) is 29.0 Å². The Bertz CT molecular complexity index is 1410. The first-order valence-electron chi connectivity index (χ1n) is 13.1. The first-order chi connectivity index (χ1) is 19.0. The van der Waals surface area contributed by atoms with E-state index in [2.05, 4.69) is 26.7 Å². The van der Waals surface area contributed by atoms with Gasteiger partial charge in [-0.25, -0.2) is 9.97 Å². The van der Waals surface area contributed by atoms with Gasteiger partial charge in [-0.15, -0.1) is 0 Å². The van der Waals surface area contributed by atoms with Gasteiger partial charge in [-0.2, -0.15) is 18.2 Å². The van der Waals surface area contributed by atoms with Crippen molar-refractivity contribution in [2.45, 2.75) is 51.4 Å². The summed E-state index contributed by atoms with van der Waals surface area (Å²) in [6.07, 6.45) is 1.31. The molecule has 0 saturated carbocycles. The lowest BCUT2D eigenvalue weighted by atomic mass is 10.1. The molecule has 2 aliphatic heterocycles. The van der Waals surface area contributed by atoms with Crippen molar-refractivity contribution in [3.8, 4) is 11.3 Å². The third kappa shape index (κ3) is 5.91. The van der Waals surface area contributed by atoms with Crippen molar-refractivity contribution in [2.24, 2.45) is 0 Å². The van der Waals surface area contributed by atoms with Crippen molar-refractivity contribution in [1.29, 1.82) is 0 Å². The van der Waals surface area contributed by atoms with Crippen LogP contribution in [0.1, 0.15) is 37.8 Å². The maximum atomic E-state index is 14.0. The molecule has 2 fully saturated rings. The Balaban J connectivity index is 1.45. The van der Waals surface area contributed by atoms with Crippen molar-refractivity contribution in [1.82, 2.24) is 19.9 Å². The lowest BCUT2D eigenvalue weighted by Crippen LogP contribution is -2.53. The van der Waals surface area contributed by atoms with Gasteiger partial charge in [-0.3, -0.25) is 9.78 Å². The fraction of sp³-hybridized carbons (Fsp3) is 0.444. The van der Waals surface area contributed by atoms with E-state index in [1.165, 1.54) is 6.20 Å². The van der Waals surface area contributed by atoms with Gasteiger partial charge < -0.3 is 19.8 Å². The third-order valence-corrected chi connectivity index (χ3v) is 7.52. The molecule has 2 saturated heterocycles. The second kappa shape index (κ2) is 11.1. The molecule has 0 aliphatic carbocycles. The zero-order valence-electron chi connectivity index (χ0n) is 22.1. The number of halogens is 4. The number of aromatic nitrogens is 4. The molecule has 1 N–H and O–H groups in total. The summed E-state index contributed by atoms with van der Waals surface area (Å²) < 4.78 is 41.9. The van der Waals surface area contributed by atoms with Gasteiger partial charge >= 0.3 is 12.1 Å². The molecule has 0 aromatic carbocycles. The number of aliphatic carboxylic acids is 1. The number of pyridine rings is 2. The summed E-state index contributed by atoms with van der Waals surface area (Å²) in [5.41, 5.74) is 0.479. The van der Waals surface area contributed by atoms with Crippen molar-refractivity contribution in [3.05, 3.63) is 52.9 Å². The molecule has 3 aromatic rings. The van der Waals surface area contributed by atoms with E-state index in [1.807, 2.05) is 13.0 Å². The smallest absolute Gasteiger partial charge is 0.419 e. The summed E-state index contributed by atoms with van der Waals surface area (Å²) in [6.45, 7) is 5.84. The van der Waals surface area contributed by atoms with E-state index in [0.717, 1.165) is 31.0 Å². The van der Waals surface area contributed by atoms with Gasteiger partial charge in [0, 0.05) is 68.5 Å². The highest BCUT2D eigenvalue weighted by atomic mass is 35.5. The predicted octanol–water partition coefficient (Wildman–Crippen LogP) is 4.94. The number of alkyl halides is 3. The van der Waals surface area contributed by atoms with Crippen LogP contribution in [0, 0.1) is 0 Å². The Morgan fingerprint density at radius 2 is 1.85 bits per heavy atom. The second-order valence-electron chi connectivity index (χ2n) is 10.3. The summed E-state index contributed by atoms with van der Waals surface area (Å²) >= 11 is 6.20. The van der Waals surface area contributed by atoms with Gasteiger partial charge in [0.25, 0.3) is 0 Å². The second-order valence-corrected chi connectivity index (χ2v) is 10.7. The molecular formula is C27H29ClF3N7O2. The van der Waals surface area contributed by atoms with Gasteiger partial charge in [-0.1, -0.05) is 11.6 Å². The van der Waals surface area contributed by atoms with Crippen LogP contribution in [0.15, 0.2) is 36.8 Å². The van der Waals surface area contributed by atoms with Crippen LogP contribution < -0.4 is 14.7 Å². The highest BCUT2D eigenvalue weighted by Crippen LogP contribution is 2.37. The molecule has 5 heterocycles. The number of hydrogen-bond acceptors (Lipinski definition) is 8. The van der Waals surface area contributed by atoms with Crippen LogP contribution in [0.3, 0.4) is 0 Å². The maximum absolute atomic E-state index is 14.0. The Morgan fingerprint density at radius 3 is 2.50 bits per heavy atom. The lowest BCUT2D eigenvalue weighted by molar-refractivity contribution is -0.138. The topological polar surface area (TPSA) is 98.6 Å². The summed E-state index contributed by atoms with van der Waals surface area (Å²) in [4.78, 5) is 34.9. The highest BCUT2D eigenvalue weighted by molar-refractivity contribution is 6.30. The predicted molar refractivity (Wildman–Crippen MR) is 146 cm³/mol. The van der Waals surface area contributed by atoms with Crippen LogP contribution in [0.2, 0.25) is 5.02 Å². The Labute approximate surface area is 234 Å². The van der Waals surface area contributed by atoms with E-state index < -0.39 is 24.1 Å². The Hall–Kier alpha value is -3.67. The molecule has 212 valence electrons. The highest BCUT2D eigenvalue weighted by Gasteiger charge is 2.38. The molecule has 40 heavy (non-hydrogen) atoms. The zero-order valence-corrected chi connectivity index (χ0v) is 22.8. The van der Waals surface area contributed by atoms with E-state index >= 15 is 0 Å². The summed E-state index contributed by atoms with van der Waals surface area (Å²) in [6, 6.07) is 4.61. The minimum atomic E-state index is -4.68. The van der Waals surface area contributed by atoms with Gasteiger partial charge in [0.2, 0.25) is 5.95 Å². The number of hydrogen-bond donors (Lipinski definition) is 1. The number of carboxylic acid groups (broad SMARTS) is 1. The number of carboxylic acids is 1. The molecule has 3 aromatic heterocycles. The number of anilines is 3. The molecule has 5 rings (SSSR count). The van der Waals surface area contributed by atoms with Crippen LogP contribution >= 0.6 is 11.6 Å². The summed E-state index contributed by atoms with van der Waals surface area (Å²) in [5, 5.41) is 9.50. The molecule has 0 unspecified atom stereocenters.